The first-order chi connectivity index (χ1) is 7.54. The van der Waals surface area contributed by atoms with Crippen molar-refractivity contribution in [2.75, 3.05) is 27.8 Å². The maximum atomic E-state index is 12.5. The van der Waals surface area contributed by atoms with Crippen LogP contribution in [0.3, 0.4) is 0 Å². The van der Waals surface area contributed by atoms with E-state index in [2.05, 4.69) is 4.90 Å². The number of ether oxygens (including phenoxy) is 1. The van der Waals surface area contributed by atoms with Crippen LogP contribution in [-0.4, -0.2) is 44.0 Å². The number of Topliss-reactive ketones (excluding diaryl/α,β-unsaturated/α-hetero) is 1. The van der Waals surface area contributed by atoms with Gasteiger partial charge in [-0.2, -0.15) is 0 Å². The zero-order valence-electron chi connectivity index (χ0n) is 11.1. The lowest BCUT2D eigenvalue weighted by atomic mass is 9.82. The van der Waals surface area contributed by atoms with Crippen molar-refractivity contribution < 1.29 is 9.53 Å². The molecule has 1 atom stereocenters. The van der Waals surface area contributed by atoms with Gasteiger partial charge in [-0.25, -0.2) is 0 Å². The summed E-state index contributed by atoms with van der Waals surface area (Å²) in [5.74, 6) is 0.521. The van der Waals surface area contributed by atoms with E-state index in [1.165, 1.54) is 12.8 Å². The smallest absolute Gasteiger partial charge is 0.155 e. The van der Waals surface area contributed by atoms with Gasteiger partial charge in [-0.3, -0.25) is 9.69 Å². The van der Waals surface area contributed by atoms with E-state index in [4.69, 9.17) is 4.74 Å². The predicted octanol–water partition coefficient (Wildman–Crippen LogP) is 2.10. The van der Waals surface area contributed by atoms with Crippen LogP contribution in [0.1, 0.15) is 39.0 Å². The fourth-order valence-electron chi connectivity index (χ4n) is 2.76. The molecule has 0 amide bonds. The Hall–Kier alpha value is -0.410. The van der Waals surface area contributed by atoms with E-state index in [0.29, 0.717) is 12.4 Å². The molecule has 3 heteroatoms. The van der Waals surface area contributed by atoms with E-state index in [9.17, 15) is 4.79 Å². The van der Waals surface area contributed by atoms with Crippen LogP contribution in [0, 0.1) is 5.92 Å². The zero-order chi connectivity index (χ0) is 12.2. The topological polar surface area (TPSA) is 29.5 Å². The Morgan fingerprint density at radius 3 is 2.38 bits per heavy atom. The molecule has 1 saturated carbocycles. The number of hydrogen-bond donors (Lipinski definition) is 0. The molecule has 0 heterocycles. The van der Waals surface area contributed by atoms with E-state index in [0.717, 1.165) is 19.3 Å². The lowest BCUT2D eigenvalue weighted by molar-refractivity contribution is -0.133. The second-order valence-electron chi connectivity index (χ2n) is 5.18. The Balaban J connectivity index is 2.68. The van der Waals surface area contributed by atoms with Crippen LogP contribution in [0.25, 0.3) is 0 Å². The van der Waals surface area contributed by atoms with Crippen LogP contribution in [-0.2, 0) is 9.53 Å². The highest BCUT2D eigenvalue weighted by molar-refractivity contribution is 5.90. The fourth-order valence-corrected chi connectivity index (χ4v) is 2.76. The van der Waals surface area contributed by atoms with Gasteiger partial charge in [0.1, 0.15) is 0 Å². The third-order valence-electron chi connectivity index (χ3n) is 3.95. The molecule has 3 nitrogen and oxygen atoms in total. The molecule has 0 spiro atoms. The third kappa shape index (κ3) is 2.64. The van der Waals surface area contributed by atoms with Gasteiger partial charge in [0, 0.05) is 19.6 Å². The Morgan fingerprint density at radius 2 is 1.94 bits per heavy atom. The third-order valence-corrected chi connectivity index (χ3v) is 3.95. The maximum Gasteiger partial charge on any atom is 0.155 e. The molecule has 0 aromatic heterocycles. The summed E-state index contributed by atoms with van der Waals surface area (Å²) in [6, 6.07) is 0. The van der Waals surface area contributed by atoms with Crippen molar-refractivity contribution in [1.82, 2.24) is 4.90 Å². The van der Waals surface area contributed by atoms with Crippen molar-refractivity contribution in [2.45, 2.75) is 44.6 Å². The first kappa shape index (κ1) is 13.7. The van der Waals surface area contributed by atoms with Gasteiger partial charge in [0.05, 0.1) is 5.54 Å². The Kier molecular flexibility index (Phi) is 4.93. The minimum absolute atomic E-state index is 0.112. The van der Waals surface area contributed by atoms with Gasteiger partial charge >= 0.3 is 0 Å². The molecule has 16 heavy (non-hydrogen) atoms. The van der Waals surface area contributed by atoms with E-state index in [1.54, 1.807) is 7.11 Å². The van der Waals surface area contributed by atoms with Crippen molar-refractivity contribution in [3.8, 4) is 0 Å². The Morgan fingerprint density at radius 1 is 1.38 bits per heavy atom. The molecule has 0 aliphatic heterocycles. The number of likely N-dealkylation sites (N-methyl/N-ethyl adjacent to an activating group) is 1. The van der Waals surface area contributed by atoms with Gasteiger partial charge in [0.15, 0.2) is 5.78 Å². The van der Waals surface area contributed by atoms with Crippen LogP contribution in [0.2, 0.25) is 0 Å². The van der Waals surface area contributed by atoms with Crippen LogP contribution in [0.4, 0.5) is 0 Å². The highest BCUT2D eigenvalue weighted by Gasteiger charge is 2.44. The van der Waals surface area contributed by atoms with Crippen molar-refractivity contribution in [2.24, 2.45) is 5.92 Å². The van der Waals surface area contributed by atoms with Gasteiger partial charge < -0.3 is 4.74 Å². The number of ketones is 1. The molecule has 1 aliphatic rings. The van der Waals surface area contributed by atoms with Crippen LogP contribution in [0.5, 0.6) is 0 Å². The molecule has 1 fully saturated rings. The Labute approximate surface area is 99.1 Å². The van der Waals surface area contributed by atoms with Crippen LogP contribution < -0.4 is 0 Å². The number of methoxy groups -OCH3 is 1. The van der Waals surface area contributed by atoms with Gasteiger partial charge in [0.2, 0.25) is 0 Å². The number of hydrogen-bond acceptors (Lipinski definition) is 3. The molecule has 1 aliphatic carbocycles. The van der Waals surface area contributed by atoms with Crippen LogP contribution in [0.15, 0.2) is 0 Å². The van der Waals surface area contributed by atoms with E-state index >= 15 is 0 Å². The predicted molar refractivity (Wildman–Crippen MR) is 65.6 cm³/mol. The van der Waals surface area contributed by atoms with Crippen LogP contribution >= 0.6 is 0 Å². The molecule has 0 N–H and O–H groups in total. The van der Waals surface area contributed by atoms with E-state index in [1.807, 2.05) is 21.0 Å². The molecule has 94 valence electrons. The van der Waals surface area contributed by atoms with Crippen molar-refractivity contribution in [3.05, 3.63) is 0 Å². The molecule has 0 bridgehead atoms. The van der Waals surface area contributed by atoms with Gasteiger partial charge in [0.25, 0.3) is 0 Å². The average molecular weight is 227 g/mol. The molecular formula is C13H25NO2. The first-order valence-corrected chi connectivity index (χ1v) is 6.25. The normalized spacial score (nSPS) is 21.3. The van der Waals surface area contributed by atoms with Crippen molar-refractivity contribution >= 4 is 5.78 Å². The highest BCUT2D eigenvalue weighted by atomic mass is 16.5. The molecule has 1 rings (SSSR count). The summed E-state index contributed by atoms with van der Waals surface area (Å²) in [6.45, 7) is 2.71. The minimum Gasteiger partial charge on any atom is -0.385 e. The lowest BCUT2D eigenvalue weighted by Crippen LogP contribution is -2.51. The molecule has 0 aromatic rings. The van der Waals surface area contributed by atoms with Gasteiger partial charge in [-0.1, -0.05) is 19.8 Å². The maximum absolute atomic E-state index is 12.5. The summed E-state index contributed by atoms with van der Waals surface area (Å²) < 4.78 is 5.05. The fraction of sp³-hybridized carbons (Fsp3) is 0.923. The first-order valence-electron chi connectivity index (χ1n) is 6.25. The quantitative estimate of drug-likeness (QED) is 0.696. The molecule has 0 saturated heterocycles. The number of carbonyl (C=O) groups excluding carboxylic acids is 1. The summed E-state index contributed by atoms with van der Waals surface area (Å²) in [5.41, 5.74) is -0.187. The van der Waals surface area contributed by atoms with Gasteiger partial charge in [-0.05, 0) is 33.4 Å². The van der Waals surface area contributed by atoms with E-state index in [-0.39, 0.29) is 11.5 Å². The molecular weight excluding hydrogens is 202 g/mol. The lowest BCUT2D eigenvalue weighted by Gasteiger charge is -2.36. The zero-order valence-corrected chi connectivity index (χ0v) is 11.1. The molecule has 1 unspecified atom stereocenters. The second-order valence-corrected chi connectivity index (χ2v) is 5.18. The minimum atomic E-state index is -0.187. The highest BCUT2D eigenvalue weighted by Crippen LogP contribution is 2.36. The average Bonchev–Trinajstić information content (AvgIpc) is 2.75. The summed E-state index contributed by atoms with van der Waals surface area (Å²) >= 11 is 0. The van der Waals surface area contributed by atoms with Crippen molar-refractivity contribution in [3.63, 3.8) is 0 Å². The summed E-state index contributed by atoms with van der Waals surface area (Å²) in [7, 11) is 5.76. The number of nitrogens with zero attached hydrogens (tertiary/aromatic N) is 1. The second kappa shape index (κ2) is 5.78. The standard InChI is InChI=1S/C13H25NO2/c1-11(7-10-16-4)12(15)13(14(2)3)8-5-6-9-13/h11H,5-10H2,1-4H3. The number of rotatable bonds is 6. The van der Waals surface area contributed by atoms with Gasteiger partial charge in [-0.15, -0.1) is 0 Å². The monoisotopic (exact) mass is 227 g/mol. The Bertz CT molecular complexity index is 232. The molecule has 0 radical (unpaired) electrons. The SMILES string of the molecule is COCCC(C)C(=O)C1(N(C)C)CCCC1. The largest absolute Gasteiger partial charge is 0.385 e. The summed E-state index contributed by atoms with van der Waals surface area (Å²) in [6.07, 6.45) is 5.25. The van der Waals surface area contributed by atoms with Crippen molar-refractivity contribution in [1.29, 1.82) is 0 Å². The molecule has 0 aromatic carbocycles. The number of carbonyl (C=O) groups is 1. The summed E-state index contributed by atoms with van der Waals surface area (Å²) in [5, 5.41) is 0. The summed E-state index contributed by atoms with van der Waals surface area (Å²) in [4.78, 5) is 14.6. The van der Waals surface area contributed by atoms with E-state index < -0.39 is 0 Å².